The van der Waals surface area contributed by atoms with Crippen LogP contribution in [0.4, 0.5) is 0 Å². The van der Waals surface area contributed by atoms with Crippen LogP contribution in [0.5, 0.6) is 0 Å². The molecule has 1 fully saturated rings. The zero-order valence-corrected chi connectivity index (χ0v) is 9.43. The molecule has 88 valence electrons. The topological polar surface area (TPSA) is 55.5 Å². The SMILES string of the molecule is NCc1ccc(C(O)COCC2CC2)cc1. The van der Waals surface area contributed by atoms with Crippen molar-refractivity contribution in [1.29, 1.82) is 0 Å². The first-order valence-corrected chi connectivity index (χ1v) is 5.84. The molecule has 16 heavy (non-hydrogen) atoms. The molecule has 1 aromatic carbocycles. The Kier molecular flexibility index (Phi) is 3.93. The molecular formula is C13H19NO2. The van der Waals surface area contributed by atoms with Crippen molar-refractivity contribution >= 4 is 0 Å². The average Bonchev–Trinajstić information content (AvgIpc) is 3.13. The van der Waals surface area contributed by atoms with Crippen LogP contribution in [-0.4, -0.2) is 18.3 Å². The van der Waals surface area contributed by atoms with Gasteiger partial charge in [-0.3, -0.25) is 0 Å². The Balaban J connectivity index is 1.79. The minimum Gasteiger partial charge on any atom is -0.386 e. The highest BCUT2D eigenvalue weighted by atomic mass is 16.5. The summed E-state index contributed by atoms with van der Waals surface area (Å²) in [5, 5.41) is 9.86. The van der Waals surface area contributed by atoms with Gasteiger partial charge in [0.25, 0.3) is 0 Å². The zero-order chi connectivity index (χ0) is 11.4. The fourth-order valence-electron chi connectivity index (χ4n) is 1.60. The van der Waals surface area contributed by atoms with E-state index < -0.39 is 6.10 Å². The van der Waals surface area contributed by atoms with Crippen molar-refractivity contribution in [3.8, 4) is 0 Å². The number of nitrogens with two attached hydrogens (primary N) is 1. The molecule has 1 unspecified atom stereocenters. The van der Waals surface area contributed by atoms with Gasteiger partial charge in [-0.1, -0.05) is 24.3 Å². The van der Waals surface area contributed by atoms with Crippen LogP contribution in [0.25, 0.3) is 0 Å². The van der Waals surface area contributed by atoms with E-state index in [1.165, 1.54) is 12.8 Å². The number of aliphatic hydroxyl groups is 1. The molecule has 0 aromatic heterocycles. The molecular weight excluding hydrogens is 202 g/mol. The molecule has 0 spiro atoms. The molecule has 1 aromatic rings. The Hall–Kier alpha value is -0.900. The standard InChI is InChI=1S/C13H19NO2/c14-7-10-3-5-12(6-4-10)13(15)9-16-8-11-1-2-11/h3-6,11,13,15H,1-2,7-9,14H2. The predicted molar refractivity (Wildman–Crippen MR) is 62.8 cm³/mol. The fourth-order valence-corrected chi connectivity index (χ4v) is 1.60. The van der Waals surface area contributed by atoms with Crippen molar-refractivity contribution in [1.82, 2.24) is 0 Å². The smallest absolute Gasteiger partial charge is 0.102 e. The monoisotopic (exact) mass is 221 g/mol. The number of rotatable bonds is 6. The molecule has 0 amide bonds. The summed E-state index contributed by atoms with van der Waals surface area (Å²) in [6.07, 6.45) is 2.04. The number of ether oxygens (including phenoxy) is 1. The average molecular weight is 221 g/mol. The van der Waals surface area contributed by atoms with Crippen molar-refractivity contribution in [3.05, 3.63) is 35.4 Å². The number of aliphatic hydroxyl groups excluding tert-OH is 1. The lowest BCUT2D eigenvalue weighted by Crippen LogP contribution is -2.09. The molecule has 1 atom stereocenters. The highest BCUT2D eigenvalue weighted by Gasteiger charge is 2.21. The van der Waals surface area contributed by atoms with E-state index in [2.05, 4.69) is 0 Å². The normalized spacial score (nSPS) is 17.4. The van der Waals surface area contributed by atoms with Gasteiger partial charge in [-0.15, -0.1) is 0 Å². The lowest BCUT2D eigenvalue weighted by molar-refractivity contribution is 0.0315. The Labute approximate surface area is 96.2 Å². The van der Waals surface area contributed by atoms with Crippen LogP contribution in [0.3, 0.4) is 0 Å². The van der Waals surface area contributed by atoms with Crippen molar-refractivity contribution in [3.63, 3.8) is 0 Å². The number of benzene rings is 1. The van der Waals surface area contributed by atoms with E-state index in [0.29, 0.717) is 13.2 Å². The molecule has 0 radical (unpaired) electrons. The van der Waals surface area contributed by atoms with E-state index in [4.69, 9.17) is 10.5 Å². The van der Waals surface area contributed by atoms with E-state index in [1.54, 1.807) is 0 Å². The fraction of sp³-hybridized carbons (Fsp3) is 0.538. The second kappa shape index (κ2) is 5.43. The van der Waals surface area contributed by atoms with Crippen LogP contribution in [0.1, 0.15) is 30.1 Å². The molecule has 1 aliphatic carbocycles. The van der Waals surface area contributed by atoms with Crippen molar-refractivity contribution in [2.24, 2.45) is 11.7 Å². The molecule has 0 bridgehead atoms. The van der Waals surface area contributed by atoms with Gasteiger partial charge in [-0.2, -0.15) is 0 Å². The summed E-state index contributed by atoms with van der Waals surface area (Å²) in [5.41, 5.74) is 7.48. The molecule has 3 N–H and O–H groups in total. The molecule has 0 saturated heterocycles. The lowest BCUT2D eigenvalue weighted by Gasteiger charge is -2.11. The van der Waals surface area contributed by atoms with Crippen LogP contribution >= 0.6 is 0 Å². The third kappa shape index (κ3) is 3.30. The van der Waals surface area contributed by atoms with Gasteiger partial charge < -0.3 is 15.6 Å². The summed E-state index contributed by atoms with van der Waals surface area (Å²) in [4.78, 5) is 0. The minimum atomic E-state index is -0.523. The summed E-state index contributed by atoms with van der Waals surface area (Å²) >= 11 is 0. The first-order chi connectivity index (χ1) is 7.79. The van der Waals surface area contributed by atoms with E-state index in [9.17, 15) is 5.11 Å². The van der Waals surface area contributed by atoms with Crippen LogP contribution in [0.15, 0.2) is 24.3 Å². The predicted octanol–water partition coefficient (Wildman–Crippen LogP) is 1.61. The first kappa shape index (κ1) is 11.6. The molecule has 2 rings (SSSR count). The van der Waals surface area contributed by atoms with Gasteiger partial charge in [0.2, 0.25) is 0 Å². The van der Waals surface area contributed by atoms with Crippen molar-refractivity contribution < 1.29 is 9.84 Å². The maximum atomic E-state index is 9.86. The summed E-state index contributed by atoms with van der Waals surface area (Å²) in [5.74, 6) is 0.742. The summed E-state index contributed by atoms with van der Waals surface area (Å²) in [6, 6.07) is 7.71. The number of hydrogen-bond acceptors (Lipinski definition) is 3. The highest BCUT2D eigenvalue weighted by Crippen LogP contribution is 2.29. The van der Waals surface area contributed by atoms with E-state index in [1.807, 2.05) is 24.3 Å². The van der Waals surface area contributed by atoms with Crippen LogP contribution in [0, 0.1) is 5.92 Å². The molecule has 1 aliphatic rings. The quantitative estimate of drug-likeness (QED) is 0.767. The first-order valence-electron chi connectivity index (χ1n) is 5.84. The molecule has 0 heterocycles. The van der Waals surface area contributed by atoms with Crippen LogP contribution in [0.2, 0.25) is 0 Å². The van der Waals surface area contributed by atoms with Gasteiger partial charge in [0.15, 0.2) is 0 Å². The van der Waals surface area contributed by atoms with Gasteiger partial charge in [0.1, 0.15) is 6.10 Å². The van der Waals surface area contributed by atoms with E-state index >= 15 is 0 Å². The lowest BCUT2D eigenvalue weighted by atomic mass is 10.1. The Morgan fingerprint density at radius 1 is 1.31 bits per heavy atom. The zero-order valence-electron chi connectivity index (χ0n) is 9.43. The second-order valence-electron chi connectivity index (χ2n) is 4.44. The van der Waals surface area contributed by atoms with Crippen molar-refractivity contribution in [2.75, 3.05) is 13.2 Å². The highest BCUT2D eigenvalue weighted by molar-refractivity contribution is 5.23. The van der Waals surface area contributed by atoms with Gasteiger partial charge in [0.05, 0.1) is 6.61 Å². The molecule has 3 heteroatoms. The molecule has 3 nitrogen and oxygen atoms in total. The van der Waals surface area contributed by atoms with Gasteiger partial charge in [-0.05, 0) is 29.9 Å². The van der Waals surface area contributed by atoms with Crippen LogP contribution < -0.4 is 5.73 Å². The Morgan fingerprint density at radius 2 is 2.00 bits per heavy atom. The third-order valence-corrected chi connectivity index (χ3v) is 2.93. The van der Waals surface area contributed by atoms with Gasteiger partial charge in [-0.25, -0.2) is 0 Å². The molecule has 1 saturated carbocycles. The van der Waals surface area contributed by atoms with E-state index in [0.717, 1.165) is 23.7 Å². The number of hydrogen-bond donors (Lipinski definition) is 2. The van der Waals surface area contributed by atoms with Gasteiger partial charge >= 0.3 is 0 Å². The maximum Gasteiger partial charge on any atom is 0.102 e. The Bertz CT molecular complexity index is 319. The largest absolute Gasteiger partial charge is 0.386 e. The summed E-state index contributed by atoms with van der Waals surface area (Å²) in [6.45, 7) is 1.71. The molecule has 0 aliphatic heterocycles. The van der Waals surface area contributed by atoms with Gasteiger partial charge in [0, 0.05) is 13.2 Å². The maximum absolute atomic E-state index is 9.86. The minimum absolute atomic E-state index is 0.387. The van der Waals surface area contributed by atoms with E-state index in [-0.39, 0.29) is 0 Å². The summed E-state index contributed by atoms with van der Waals surface area (Å²) < 4.78 is 5.46. The summed E-state index contributed by atoms with van der Waals surface area (Å²) in [7, 11) is 0. The Morgan fingerprint density at radius 3 is 2.56 bits per heavy atom. The second-order valence-corrected chi connectivity index (χ2v) is 4.44. The van der Waals surface area contributed by atoms with Crippen molar-refractivity contribution in [2.45, 2.75) is 25.5 Å². The van der Waals surface area contributed by atoms with Crippen LogP contribution in [-0.2, 0) is 11.3 Å². The third-order valence-electron chi connectivity index (χ3n) is 2.93.